The Hall–Kier alpha value is -1.55. The number of carbonyl (C=O) groups is 1. The van der Waals surface area contributed by atoms with E-state index >= 15 is 0 Å². The second-order valence-electron chi connectivity index (χ2n) is 4.88. The summed E-state index contributed by atoms with van der Waals surface area (Å²) in [6, 6.07) is 7.29. The van der Waals surface area contributed by atoms with Gasteiger partial charge in [-0.05, 0) is 31.2 Å². The van der Waals surface area contributed by atoms with Crippen LogP contribution in [0.5, 0.6) is 5.75 Å². The summed E-state index contributed by atoms with van der Waals surface area (Å²) in [6.07, 6.45) is 0. The van der Waals surface area contributed by atoms with Gasteiger partial charge in [-0.25, -0.2) is 0 Å². The first kappa shape index (κ1) is 11.9. The molecule has 0 saturated carbocycles. The Bertz CT molecular complexity index is 408. The minimum absolute atomic E-state index is 0.00747. The smallest absolute Gasteiger partial charge is 0.253 e. The van der Waals surface area contributed by atoms with Crippen molar-refractivity contribution in [2.24, 2.45) is 0 Å². The topological polar surface area (TPSA) is 41.6 Å². The number of hydrogen-bond acceptors (Lipinski definition) is 3. The maximum Gasteiger partial charge on any atom is 0.253 e. The molecule has 2 rings (SSSR count). The molecule has 1 saturated heterocycles. The highest BCUT2D eigenvalue weighted by atomic mass is 16.5. The van der Waals surface area contributed by atoms with Gasteiger partial charge in [0.15, 0.2) is 0 Å². The number of rotatable bonds is 3. The zero-order chi connectivity index (χ0) is 12.5. The molecule has 0 aromatic heterocycles. The van der Waals surface area contributed by atoms with Crippen molar-refractivity contribution in [1.29, 1.82) is 0 Å². The minimum atomic E-state index is -0.104. The highest BCUT2D eigenvalue weighted by Gasteiger charge is 2.33. The SMILES string of the molecule is CN(C)C(=O)c1ccc(OC2(C)CNC2)cc1. The Morgan fingerprint density at radius 1 is 1.29 bits per heavy atom. The quantitative estimate of drug-likeness (QED) is 0.852. The summed E-state index contributed by atoms with van der Waals surface area (Å²) < 4.78 is 5.85. The lowest BCUT2D eigenvalue weighted by Crippen LogP contribution is -2.61. The molecular weight excluding hydrogens is 216 g/mol. The highest BCUT2D eigenvalue weighted by Crippen LogP contribution is 2.22. The maximum atomic E-state index is 11.7. The molecule has 17 heavy (non-hydrogen) atoms. The molecule has 0 atom stereocenters. The van der Waals surface area contributed by atoms with Crippen molar-refractivity contribution in [3.63, 3.8) is 0 Å². The first-order valence-corrected chi connectivity index (χ1v) is 5.72. The molecule has 0 radical (unpaired) electrons. The number of nitrogens with zero attached hydrogens (tertiary/aromatic N) is 1. The van der Waals surface area contributed by atoms with Crippen LogP contribution in [-0.2, 0) is 0 Å². The summed E-state index contributed by atoms with van der Waals surface area (Å²) in [6.45, 7) is 3.80. The van der Waals surface area contributed by atoms with E-state index in [1.54, 1.807) is 31.1 Å². The van der Waals surface area contributed by atoms with E-state index in [4.69, 9.17) is 4.74 Å². The van der Waals surface area contributed by atoms with Crippen molar-refractivity contribution >= 4 is 5.91 Å². The van der Waals surface area contributed by atoms with E-state index in [1.807, 2.05) is 12.1 Å². The molecule has 1 amide bonds. The predicted octanol–water partition coefficient (Wildman–Crippen LogP) is 1.13. The van der Waals surface area contributed by atoms with Crippen molar-refractivity contribution in [3.8, 4) is 5.75 Å². The van der Waals surface area contributed by atoms with Crippen LogP contribution in [0.3, 0.4) is 0 Å². The number of nitrogens with one attached hydrogen (secondary N) is 1. The average Bonchev–Trinajstić information content (AvgIpc) is 2.27. The van der Waals surface area contributed by atoms with Crippen LogP contribution in [0.1, 0.15) is 17.3 Å². The molecule has 4 nitrogen and oxygen atoms in total. The Labute approximate surface area is 102 Å². The van der Waals surface area contributed by atoms with Crippen LogP contribution in [0, 0.1) is 0 Å². The molecule has 0 unspecified atom stereocenters. The van der Waals surface area contributed by atoms with E-state index in [-0.39, 0.29) is 11.5 Å². The summed E-state index contributed by atoms with van der Waals surface area (Å²) in [5.74, 6) is 0.817. The van der Waals surface area contributed by atoms with Gasteiger partial charge in [-0.1, -0.05) is 0 Å². The second-order valence-corrected chi connectivity index (χ2v) is 4.88. The summed E-state index contributed by atoms with van der Waals surface area (Å²) in [4.78, 5) is 13.2. The molecule has 4 heteroatoms. The molecule has 1 aromatic carbocycles. The normalized spacial score (nSPS) is 17.1. The van der Waals surface area contributed by atoms with Crippen LogP contribution >= 0.6 is 0 Å². The fourth-order valence-corrected chi connectivity index (χ4v) is 1.76. The summed E-state index contributed by atoms with van der Waals surface area (Å²) >= 11 is 0. The zero-order valence-corrected chi connectivity index (χ0v) is 10.5. The Morgan fingerprint density at radius 3 is 2.29 bits per heavy atom. The fourth-order valence-electron chi connectivity index (χ4n) is 1.76. The maximum absolute atomic E-state index is 11.7. The van der Waals surface area contributed by atoms with Gasteiger partial charge < -0.3 is 15.0 Å². The van der Waals surface area contributed by atoms with E-state index in [1.165, 1.54) is 0 Å². The van der Waals surface area contributed by atoms with E-state index in [2.05, 4.69) is 12.2 Å². The molecule has 1 aliphatic heterocycles. The van der Waals surface area contributed by atoms with Crippen molar-refractivity contribution in [1.82, 2.24) is 10.2 Å². The molecule has 1 N–H and O–H groups in total. The lowest BCUT2D eigenvalue weighted by atomic mass is 10.00. The van der Waals surface area contributed by atoms with Gasteiger partial charge in [0.05, 0.1) is 0 Å². The molecule has 1 aromatic rings. The molecule has 92 valence electrons. The van der Waals surface area contributed by atoms with E-state index in [9.17, 15) is 4.79 Å². The molecule has 1 fully saturated rings. The molecule has 1 aliphatic rings. The van der Waals surface area contributed by atoms with Gasteiger partial charge in [0.2, 0.25) is 0 Å². The summed E-state index contributed by atoms with van der Waals surface area (Å²) in [5, 5.41) is 3.18. The number of ether oxygens (including phenoxy) is 1. The first-order chi connectivity index (χ1) is 8.00. The highest BCUT2D eigenvalue weighted by molar-refractivity contribution is 5.93. The van der Waals surface area contributed by atoms with Crippen LogP contribution in [0.2, 0.25) is 0 Å². The van der Waals surface area contributed by atoms with Gasteiger partial charge in [-0.15, -0.1) is 0 Å². The lowest BCUT2D eigenvalue weighted by molar-refractivity contribution is 0.0349. The Balaban J connectivity index is 2.05. The predicted molar refractivity (Wildman–Crippen MR) is 66.4 cm³/mol. The van der Waals surface area contributed by atoms with Crippen LogP contribution < -0.4 is 10.1 Å². The van der Waals surface area contributed by atoms with E-state index < -0.39 is 0 Å². The average molecular weight is 234 g/mol. The summed E-state index contributed by atoms with van der Waals surface area (Å²) in [7, 11) is 3.49. The van der Waals surface area contributed by atoms with Gasteiger partial charge in [-0.3, -0.25) is 4.79 Å². The van der Waals surface area contributed by atoms with Crippen LogP contribution in [-0.4, -0.2) is 43.6 Å². The van der Waals surface area contributed by atoms with Crippen molar-refractivity contribution in [2.45, 2.75) is 12.5 Å². The van der Waals surface area contributed by atoms with Crippen molar-refractivity contribution in [2.75, 3.05) is 27.2 Å². The molecule has 0 aliphatic carbocycles. The van der Waals surface area contributed by atoms with Gasteiger partial charge in [-0.2, -0.15) is 0 Å². The molecular formula is C13H18N2O2. The fraction of sp³-hybridized carbons (Fsp3) is 0.462. The molecule has 0 bridgehead atoms. The Morgan fingerprint density at radius 2 is 1.88 bits per heavy atom. The summed E-state index contributed by atoms with van der Waals surface area (Å²) in [5.41, 5.74) is 0.576. The van der Waals surface area contributed by atoms with Crippen molar-refractivity contribution < 1.29 is 9.53 Å². The first-order valence-electron chi connectivity index (χ1n) is 5.72. The third-order valence-corrected chi connectivity index (χ3v) is 2.87. The van der Waals surface area contributed by atoms with Gasteiger partial charge in [0.25, 0.3) is 5.91 Å². The standard InChI is InChI=1S/C13H18N2O2/c1-13(8-14-9-13)17-11-6-4-10(5-7-11)12(16)15(2)3/h4-7,14H,8-9H2,1-3H3. The molecule has 0 spiro atoms. The number of carbonyl (C=O) groups excluding carboxylic acids is 1. The molecule has 1 heterocycles. The van der Waals surface area contributed by atoms with E-state index in [0.29, 0.717) is 5.56 Å². The van der Waals surface area contributed by atoms with Crippen molar-refractivity contribution in [3.05, 3.63) is 29.8 Å². The number of benzene rings is 1. The van der Waals surface area contributed by atoms with Gasteiger partial charge >= 0.3 is 0 Å². The number of amides is 1. The Kier molecular flexibility index (Phi) is 3.07. The van der Waals surface area contributed by atoms with Crippen LogP contribution in [0.4, 0.5) is 0 Å². The lowest BCUT2D eigenvalue weighted by Gasteiger charge is -2.39. The minimum Gasteiger partial charge on any atom is -0.485 e. The third kappa shape index (κ3) is 2.58. The van der Waals surface area contributed by atoms with Crippen LogP contribution in [0.15, 0.2) is 24.3 Å². The van der Waals surface area contributed by atoms with E-state index in [0.717, 1.165) is 18.8 Å². The third-order valence-electron chi connectivity index (χ3n) is 2.87. The van der Waals surface area contributed by atoms with Crippen LogP contribution in [0.25, 0.3) is 0 Å². The second kappa shape index (κ2) is 4.37. The number of hydrogen-bond donors (Lipinski definition) is 1. The largest absolute Gasteiger partial charge is 0.485 e. The zero-order valence-electron chi connectivity index (χ0n) is 10.5. The van der Waals surface area contributed by atoms with Gasteiger partial charge in [0, 0.05) is 32.7 Å². The van der Waals surface area contributed by atoms with Gasteiger partial charge in [0.1, 0.15) is 11.4 Å². The monoisotopic (exact) mass is 234 g/mol.